The number of oxazole rings is 1. The van der Waals surface area contributed by atoms with Gasteiger partial charge in [-0.2, -0.15) is 0 Å². The van der Waals surface area contributed by atoms with E-state index < -0.39 is 51.9 Å². The fourth-order valence-electron chi connectivity index (χ4n) is 6.26. The zero-order chi connectivity index (χ0) is 34.3. The number of hydrogen-bond acceptors (Lipinski definition) is 9. The van der Waals surface area contributed by atoms with E-state index in [-0.39, 0.29) is 38.3 Å². The van der Waals surface area contributed by atoms with E-state index in [1.165, 1.54) is 11.0 Å². The van der Waals surface area contributed by atoms with Gasteiger partial charge in [-0.1, -0.05) is 41.9 Å². The number of Topliss-reactive ketones (excluding diaryl/α,β-unsaturated/α-hetero) is 1. The van der Waals surface area contributed by atoms with Gasteiger partial charge in [0, 0.05) is 18.0 Å². The highest BCUT2D eigenvalue weighted by Crippen LogP contribution is 2.26. The molecule has 2 fully saturated rings. The molecule has 1 aromatic heterocycles. The minimum atomic E-state index is -3.76. The number of ketones is 1. The molecule has 48 heavy (non-hydrogen) atoms. The van der Waals surface area contributed by atoms with Gasteiger partial charge in [-0.25, -0.2) is 18.1 Å². The van der Waals surface area contributed by atoms with Gasteiger partial charge in [-0.15, -0.1) is 6.58 Å². The lowest BCUT2D eigenvalue weighted by atomic mass is 9.91. The molecule has 0 bridgehead atoms. The number of ether oxygens (including phenoxy) is 1. The summed E-state index contributed by atoms with van der Waals surface area (Å²) in [5.74, 6) is -1.42. The van der Waals surface area contributed by atoms with Crippen LogP contribution in [-0.4, -0.2) is 86.0 Å². The van der Waals surface area contributed by atoms with Crippen LogP contribution in [-0.2, 0) is 31.0 Å². The summed E-state index contributed by atoms with van der Waals surface area (Å²) in [6, 6.07) is 11.0. The Kier molecular flexibility index (Phi) is 12.0. The molecule has 14 heteroatoms. The van der Waals surface area contributed by atoms with Crippen molar-refractivity contribution in [3.05, 3.63) is 77.7 Å². The van der Waals surface area contributed by atoms with Crippen LogP contribution in [0, 0.1) is 5.92 Å². The van der Waals surface area contributed by atoms with E-state index in [2.05, 4.69) is 26.9 Å². The van der Waals surface area contributed by atoms with Crippen molar-refractivity contribution < 1.29 is 32.0 Å². The normalized spacial score (nSPS) is 20.0. The van der Waals surface area contributed by atoms with Crippen molar-refractivity contribution in [3.8, 4) is 0 Å². The lowest BCUT2D eigenvalue weighted by Gasteiger charge is -2.30. The third kappa shape index (κ3) is 9.50. The highest BCUT2D eigenvalue weighted by atomic mass is 35.5. The highest BCUT2D eigenvalue weighted by Gasteiger charge is 2.43. The molecule has 258 valence electrons. The number of halogens is 1. The number of nitrogens with zero attached hydrogens (tertiary/aromatic N) is 2. The molecule has 3 N–H and O–H groups in total. The number of para-hydroxylation sites is 2. The summed E-state index contributed by atoms with van der Waals surface area (Å²) in [4.78, 5) is 47.3. The molecule has 2 aliphatic heterocycles. The van der Waals surface area contributed by atoms with E-state index in [9.17, 15) is 22.8 Å². The second-order valence-electron chi connectivity index (χ2n) is 12.5. The molecule has 2 aromatic carbocycles. The molecule has 2 amide bonds. The van der Waals surface area contributed by atoms with Crippen molar-refractivity contribution in [2.24, 2.45) is 5.92 Å². The standard InChI is InChI=1S/C34H42ClN5O7S/c1-3-6-27(31(41)33-38-26-7-4-5-8-30(26)47-33)37-32(42)29-19-25(46-21-23-9-12-24(35)13-10-23)20-40(29)34(43)28(39-48(2,44)45)14-11-22-15-17-36-18-16-22/h3-5,7-10,12-13,22,25,27-29,36,39H,1,6,11,14-21H2,2H3,(H,37,42)/t25-,27+,28-,29+/m1/s1. The molecular formula is C34H42ClN5O7S. The second-order valence-corrected chi connectivity index (χ2v) is 14.7. The van der Waals surface area contributed by atoms with Gasteiger partial charge in [-0.05, 0) is 80.9 Å². The molecule has 5 rings (SSSR count). The van der Waals surface area contributed by atoms with E-state index in [0.29, 0.717) is 28.5 Å². The molecule has 3 heterocycles. The maximum absolute atomic E-state index is 14.2. The van der Waals surface area contributed by atoms with Gasteiger partial charge < -0.3 is 24.7 Å². The van der Waals surface area contributed by atoms with Gasteiger partial charge in [0.1, 0.15) is 23.6 Å². The van der Waals surface area contributed by atoms with Gasteiger partial charge >= 0.3 is 0 Å². The Labute approximate surface area is 285 Å². The van der Waals surface area contributed by atoms with Gasteiger partial charge in [0.15, 0.2) is 5.58 Å². The fourth-order valence-corrected chi connectivity index (χ4v) is 7.12. The topological polar surface area (TPSA) is 160 Å². The monoisotopic (exact) mass is 699 g/mol. The number of likely N-dealkylation sites (tertiary alicyclic amines) is 1. The van der Waals surface area contributed by atoms with Crippen LogP contribution in [0.25, 0.3) is 11.1 Å². The predicted octanol–water partition coefficient (Wildman–Crippen LogP) is 3.61. The number of nitrogens with one attached hydrogen (secondary N) is 3. The molecule has 0 spiro atoms. The average Bonchev–Trinajstić information content (AvgIpc) is 3.70. The van der Waals surface area contributed by atoms with Crippen molar-refractivity contribution in [1.82, 2.24) is 25.2 Å². The maximum atomic E-state index is 14.2. The number of fused-ring (bicyclic) bond motifs is 1. The zero-order valence-electron chi connectivity index (χ0n) is 26.9. The minimum Gasteiger partial charge on any atom is -0.434 e. The fraction of sp³-hybridized carbons (Fsp3) is 0.471. The van der Waals surface area contributed by atoms with Crippen molar-refractivity contribution >= 4 is 50.3 Å². The Hall–Kier alpha value is -3.62. The lowest BCUT2D eigenvalue weighted by molar-refractivity contribution is -0.140. The second kappa shape index (κ2) is 16.2. The van der Waals surface area contributed by atoms with Crippen LogP contribution in [0.2, 0.25) is 5.02 Å². The van der Waals surface area contributed by atoms with Crippen LogP contribution in [0.15, 0.2) is 65.6 Å². The summed E-state index contributed by atoms with van der Waals surface area (Å²) >= 11 is 6.02. The number of piperidine rings is 1. The summed E-state index contributed by atoms with van der Waals surface area (Å²) in [5, 5.41) is 6.69. The van der Waals surface area contributed by atoms with Gasteiger partial charge in [0.25, 0.3) is 5.89 Å². The molecular weight excluding hydrogens is 658 g/mol. The van der Waals surface area contributed by atoms with E-state index >= 15 is 0 Å². The number of benzene rings is 2. The first-order valence-electron chi connectivity index (χ1n) is 16.2. The Morgan fingerprint density at radius 3 is 2.56 bits per heavy atom. The first-order chi connectivity index (χ1) is 23.0. The van der Waals surface area contributed by atoms with Crippen LogP contribution in [0.5, 0.6) is 0 Å². The molecule has 2 aliphatic rings. The third-order valence-corrected chi connectivity index (χ3v) is 9.73. The first kappa shape index (κ1) is 35.7. The van der Waals surface area contributed by atoms with Gasteiger partial charge in [0.05, 0.1) is 19.0 Å². The quantitative estimate of drug-likeness (QED) is 0.159. The Morgan fingerprint density at radius 1 is 1.15 bits per heavy atom. The molecule has 0 aliphatic carbocycles. The predicted molar refractivity (Wildman–Crippen MR) is 182 cm³/mol. The smallest absolute Gasteiger partial charge is 0.266 e. The number of sulfonamides is 1. The highest BCUT2D eigenvalue weighted by molar-refractivity contribution is 7.88. The van der Waals surface area contributed by atoms with Crippen LogP contribution >= 0.6 is 11.6 Å². The number of carbonyl (C=O) groups is 3. The molecule has 3 aromatic rings. The van der Waals surface area contributed by atoms with Crippen LogP contribution in [0.1, 0.15) is 54.8 Å². The maximum Gasteiger partial charge on any atom is 0.266 e. The first-order valence-corrected chi connectivity index (χ1v) is 18.4. The number of amides is 2. The third-order valence-electron chi connectivity index (χ3n) is 8.76. The number of rotatable bonds is 15. The molecule has 12 nitrogen and oxygen atoms in total. The van der Waals surface area contributed by atoms with Crippen LogP contribution in [0.4, 0.5) is 0 Å². The van der Waals surface area contributed by atoms with Crippen molar-refractivity contribution in [3.63, 3.8) is 0 Å². The molecule has 4 atom stereocenters. The van der Waals surface area contributed by atoms with Crippen LogP contribution < -0.4 is 15.4 Å². The molecule has 0 unspecified atom stereocenters. The summed E-state index contributed by atoms with van der Waals surface area (Å²) in [5.41, 5.74) is 1.80. The summed E-state index contributed by atoms with van der Waals surface area (Å²) in [6.45, 7) is 5.76. The SMILES string of the molecule is C=CC[C@H](NC(=O)[C@@H]1C[C@@H](OCc2ccc(Cl)cc2)CN1C(=O)[C@@H](CCC1CCNCC1)NS(C)(=O)=O)C(=O)c1nc2ccccc2o1. The average molecular weight is 700 g/mol. The van der Waals surface area contributed by atoms with E-state index in [4.69, 9.17) is 20.8 Å². The summed E-state index contributed by atoms with van der Waals surface area (Å²) in [7, 11) is -3.76. The van der Waals surface area contributed by atoms with Crippen molar-refractivity contribution in [2.45, 2.75) is 69.4 Å². The van der Waals surface area contributed by atoms with Crippen molar-refractivity contribution in [2.75, 3.05) is 25.9 Å². The number of aromatic nitrogens is 1. The Bertz CT molecular complexity index is 1670. The minimum absolute atomic E-state index is 0.0605. The van der Waals surface area contributed by atoms with Crippen LogP contribution in [0.3, 0.4) is 0 Å². The zero-order valence-corrected chi connectivity index (χ0v) is 28.5. The molecule has 2 saturated heterocycles. The Morgan fingerprint density at radius 2 is 1.88 bits per heavy atom. The van der Waals surface area contributed by atoms with Gasteiger partial charge in [0.2, 0.25) is 27.6 Å². The van der Waals surface area contributed by atoms with Gasteiger partial charge in [-0.3, -0.25) is 14.4 Å². The summed E-state index contributed by atoms with van der Waals surface area (Å²) < 4.78 is 39.1. The number of hydrogen-bond donors (Lipinski definition) is 3. The van der Waals surface area contributed by atoms with E-state index in [1.54, 1.807) is 36.4 Å². The summed E-state index contributed by atoms with van der Waals surface area (Å²) in [6.07, 6.45) is 5.04. The van der Waals surface area contributed by atoms with E-state index in [1.807, 2.05) is 12.1 Å². The molecule has 0 radical (unpaired) electrons. The lowest BCUT2D eigenvalue weighted by Crippen LogP contribution is -2.55. The van der Waals surface area contributed by atoms with Crippen molar-refractivity contribution in [1.29, 1.82) is 0 Å². The molecule has 0 saturated carbocycles. The van der Waals surface area contributed by atoms with E-state index in [0.717, 1.165) is 37.8 Å². The largest absolute Gasteiger partial charge is 0.434 e. The Balaban J connectivity index is 1.36. The number of carbonyl (C=O) groups excluding carboxylic acids is 3.